The molecule has 5 heteroatoms. The van der Waals surface area contributed by atoms with Crippen LogP contribution in [0.15, 0.2) is 11.4 Å². The van der Waals surface area contributed by atoms with Crippen molar-refractivity contribution in [3.63, 3.8) is 0 Å². The van der Waals surface area contributed by atoms with Crippen LogP contribution in [0.5, 0.6) is 0 Å². The van der Waals surface area contributed by atoms with Gasteiger partial charge in [-0.1, -0.05) is 0 Å². The first kappa shape index (κ1) is 9.86. The van der Waals surface area contributed by atoms with Crippen LogP contribution < -0.4 is 10.6 Å². The van der Waals surface area contributed by atoms with Crippen LogP contribution in [-0.4, -0.2) is 24.0 Å². The van der Waals surface area contributed by atoms with Gasteiger partial charge in [0.25, 0.3) is 0 Å². The van der Waals surface area contributed by atoms with E-state index in [0.29, 0.717) is 0 Å². The van der Waals surface area contributed by atoms with E-state index in [1.54, 1.807) is 23.1 Å². The molecule has 1 aromatic rings. The fourth-order valence-electron chi connectivity index (χ4n) is 1.41. The first-order valence-electron chi connectivity index (χ1n) is 4.45. The topological polar surface area (TPSA) is 41.1 Å². The van der Waals surface area contributed by atoms with Gasteiger partial charge in [-0.05, 0) is 29.9 Å². The summed E-state index contributed by atoms with van der Waals surface area (Å²) in [5.74, 6) is 1.10. The van der Waals surface area contributed by atoms with Crippen molar-refractivity contribution < 1.29 is 4.79 Å². The third-order valence-corrected chi connectivity index (χ3v) is 3.63. The number of carbonyl (C=O) groups is 1. The van der Waals surface area contributed by atoms with Crippen LogP contribution >= 0.6 is 23.1 Å². The van der Waals surface area contributed by atoms with Gasteiger partial charge in [0.1, 0.15) is 11.0 Å². The molecule has 0 aromatic carbocycles. The van der Waals surface area contributed by atoms with Crippen molar-refractivity contribution in [3.05, 3.63) is 11.4 Å². The minimum atomic E-state index is -0.0652. The number of fused-ring (bicyclic) bond motifs is 1. The minimum Gasteiger partial charge on any atom is -0.371 e. The van der Waals surface area contributed by atoms with Gasteiger partial charge in [0.05, 0.1) is 5.69 Å². The number of thiophene rings is 1. The van der Waals surface area contributed by atoms with Gasteiger partial charge in [0.2, 0.25) is 5.91 Å². The number of carbonyl (C=O) groups excluding carboxylic acids is 1. The summed E-state index contributed by atoms with van der Waals surface area (Å²) in [6, 6.07) is 1.94. The van der Waals surface area contributed by atoms with Crippen molar-refractivity contribution in [3.8, 4) is 0 Å². The molecule has 2 rings (SSSR count). The van der Waals surface area contributed by atoms with E-state index in [2.05, 4.69) is 16.9 Å². The van der Waals surface area contributed by atoms with Gasteiger partial charge in [-0.2, -0.15) is 11.8 Å². The molecule has 0 saturated carbocycles. The second-order valence-electron chi connectivity index (χ2n) is 3.13. The molecule has 1 atom stereocenters. The van der Waals surface area contributed by atoms with Gasteiger partial charge in [0, 0.05) is 0 Å². The third-order valence-electron chi connectivity index (χ3n) is 2.16. The molecule has 0 saturated heterocycles. The fourth-order valence-corrected chi connectivity index (χ4v) is 2.64. The summed E-state index contributed by atoms with van der Waals surface area (Å²) in [6.45, 7) is 0. The lowest BCUT2D eigenvalue weighted by molar-refractivity contribution is -0.117. The highest BCUT2D eigenvalue weighted by Gasteiger charge is 2.25. The Morgan fingerprint density at radius 2 is 2.50 bits per heavy atom. The van der Waals surface area contributed by atoms with Crippen molar-refractivity contribution in [2.75, 3.05) is 22.6 Å². The quantitative estimate of drug-likeness (QED) is 0.833. The lowest BCUT2D eigenvalue weighted by Gasteiger charge is -2.23. The second kappa shape index (κ2) is 4.23. The summed E-state index contributed by atoms with van der Waals surface area (Å²) in [5, 5.41) is 9.07. The van der Waals surface area contributed by atoms with Gasteiger partial charge in [-0.3, -0.25) is 4.79 Å². The van der Waals surface area contributed by atoms with Crippen LogP contribution in [0.4, 0.5) is 10.7 Å². The average molecular weight is 228 g/mol. The van der Waals surface area contributed by atoms with Crippen LogP contribution in [0, 0.1) is 0 Å². The highest BCUT2D eigenvalue weighted by atomic mass is 32.2. The van der Waals surface area contributed by atoms with Crippen LogP contribution in [0.3, 0.4) is 0 Å². The predicted molar refractivity (Wildman–Crippen MR) is 63.4 cm³/mol. The van der Waals surface area contributed by atoms with Gasteiger partial charge < -0.3 is 10.6 Å². The average Bonchev–Trinajstić information content (AvgIpc) is 2.61. The summed E-state index contributed by atoms with van der Waals surface area (Å²) in [6.07, 6.45) is 2.93. The Morgan fingerprint density at radius 1 is 1.64 bits per heavy atom. The van der Waals surface area contributed by atoms with Gasteiger partial charge in [-0.15, -0.1) is 11.3 Å². The highest BCUT2D eigenvalue weighted by molar-refractivity contribution is 7.98. The molecule has 0 fully saturated rings. The molecule has 14 heavy (non-hydrogen) atoms. The van der Waals surface area contributed by atoms with E-state index in [9.17, 15) is 4.79 Å². The summed E-state index contributed by atoms with van der Waals surface area (Å²) in [4.78, 5) is 11.6. The van der Waals surface area contributed by atoms with Gasteiger partial charge >= 0.3 is 0 Å². The zero-order valence-corrected chi connectivity index (χ0v) is 9.50. The molecule has 3 nitrogen and oxygen atoms in total. The smallest absolute Gasteiger partial charge is 0.247 e. The van der Waals surface area contributed by atoms with E-state index in [-0.39, 0.29) is 11.9 Å². The lowest BCUT2D eigenvalue weighted by Crippen LogP contribution is -2.38. The molecule has 1 amide bonds. The Hall–Kier alpha value is -0.680. The molecular formula is C9H12N2OS2. The van der Waals surface area contributed by atoms with Crippen molar-refractivity contribution in [1.29, 1.82) is 0 Å². The summed E-state index contributed by atoms with van der Waals surface area (Å²) in [7, 11) is 0. The van der Waals surface area contributed by atoms with E-state index in [4.69, 9.17) is 0 Å². The van der Waals surface area contributed by atoms with Crippen LogP contribution in [0.1, 0.15) is 6.42 Å². The standard InChI is InChI=1S/C9H12N2OS2/c1-13-4-2-6-8(12)11-9-7(10-6)3-5-14-9/h3,5-6,10H,2,4H2,1H3,(H,11,12). The van der Waals surface area contributed by atoms with Crippen LogP contribution in [-0.2, 0) is 4.79 Å². The van der Waals surface area contributed by atoms with Crippen LogP contribution in [0.2, 0.25) is 0 Å². The van der Waals surface area contributed by atoms with Crippen molar-refractivity contribution in [2.24, 2.45) is 0 Å². The van der Waals surface area contributed by atoms with Gasteiger partial charge in [-0.25, -0.2) is 0 Å². The van der Waals surface area contributed by atoms with Crippen molar-refractivity contribution >= 4 is 39.7 Å². The van der Waals surface area contributed by atoms with E-state index < -0.39 is 0 Å². The second-order valence-corrected chi connectivity index (χ2v) is 5.03. The number of hydrogen-bond donors (Lipinski definition) is 2. The summed E-state index contributed by atoms with van der Waals surface area (Å²) >= 11 is 3.32. The Kier molecular flexibility index (Phi) is 2.98. The zero-order valence-electron chi connectivity index (χ0n) is 7.87. The molecule has 0 aliphatic carbocycles. The zero-order chi connectivity index (χ0) is 9.97. The Bertz CT molecular complexity index is 337. The highest BCUT2D eigenvalue weighted by Crippen LogP contribution is 2.32. The molecule has 0 spiro atoms. The molecule has 0 bridgehead atoms. The fraction of sp³-hybridized carbons (Fsp3) is 0.444. The normalized spacial score (nSPS) is 19.8. The Balaban J connectivity index is 2.06. The molecule has 76 valence electrons. The van der Waals surface area contributed by atoms with Gasteiger partial charge in [0.15, 0.2) is 0 Å². The number of hydrogen-bond acceptors (Lipinski definition) is 4. The first-order valence-corrected chi connectivity index (χ1v) is 6.72. The van der Waals surface area contributed by atoms with Crippen molar-refractivity contribution in [1.82, 2.24) is 0 Å². The van der Waals surface area contributed by atoms with E-state index in [1.165, 1.54) is 0 Å². The number of anilines is 2. The largest absolute Gasteiger partial charge is 0.371 e. The van der Waals surface area contributed by atoms with Crippen molar-refractivity contribution in [2.45, 2.75) is 12.5 Å². The van der Waals surface area contributed by atoms with Crippen LogP contribution in [0.25, 0.3) is 0 Å². The SMILES string of the molecule is CSCCC1Nc2ccsc2NC1=O. The molecule has 1 aromatic heterocycles. The third kappa shape index (κ3) is 1.88. The molecule has 0 radical (unpaired) electrons. The number of thioether (sulfide) groups is 1. The number of nitrogens with one attached hydrogen (secondary N) is 2. The summed E-state index contributed by atoms with van der Waals surface area (Å²) < 4.78 is 0. The maximum absolute atomic E-state index is 11.6. The number of amides is 1. The maximum Gasteiger partial charge on any atom is 0.247 e. The molecule has 1 aliphatic rings. The van der Waals surface area contributed by atoms with E-state index >= 15 is 0 Å². The molecule has 1 unspecified atom stereocenters. The monoisotopic (exact) mass is 228 g/mol. The molecular weight excluding hydrogens is 216 g/mol. The molecule has 2 N–H and O–H groups in total. The van der Waals surface area contributed by atoms with E-state index in [1.807, 2.05) is 11.4 Å². The molecule has 2 heterocycles. The number of rotatable bonds is 3. The minimum absolute atomic E-state index is 0.0652. The maximum atomic E-state index is 11.6. The lowest BCUT2D eigenvalue weighted by atomic mass is 10.1. The Morgan fingerprint density at radius 3 is 3.29 bits per heavy atom. The first-order chi connectivity index (χ1) is 6.81. The molecule has 1 aliphatic heterocycles. The summed E-state index contributed by atoms with van der Waals surface area (Å²) in [5.41, 5.74) is 1.06. The predicted octanol–water partition coefficient (Wildman–Crippen LogP) is 2.23. The Labute approximate surface area is 91.3 Å². The van der Waals surface area contributed by atoms with E-state index in [0.717, 1.165) is 22.9 Å².